The van der Waals surface area contributed by atoms with Gasteiger partial charge in [-0.15, -0.1) is 22.7 Å². The van der Waals surface area contributed by atoms with E-state index in [0.717, 1.165) is 30.9 Å². The molecule has 9 heteroatoms. The minimum absolute atomic E-state index is 0.118. The highest BCUT2D eigenvalue weighted by Gasteiger charge is 2.14. The number of nitrogens with zero attached hydrogens (tertiary/aromatic N) is 2. The maximum Gasteiger partial charge on any atom is 0.262 e. The largest absolute Gasteiger partial charge is 0.493 e. The Balaban J connectivity index is 1.27. The molecule has 0 fully saturated rings. The van der Waals surface area contributed by atoms with Crippen molar-refractivity contribution in [1.82, 2.24) is 9.97 Å². The zero-order valence-corrected chi connectivity index (χ0v) is 20.2. The summed E-state index contributed by atoms with van der Waals surface area (Å²) in [6, 6.07) is 13.0. The summed E-state index contributed by atoms with van der Waals surface area (Å²) in [6.07, 6.45) is 3.43. The number of pyridine rings is 1. The molecule has 1 amide bonds. The molecule has 0 radical (unpaired) electrons. The number of nitrogens with one attached hydrogen (secondary N) is 1. The number of carbonyl (C=O) groups is 1. The number of thiophene rings is 1. The van der Waals surface area contributed by atoms with Gasteiger partial charge in [0.2, 0.25) is 0 Å². The Kier molecular flexibility index (Phi) is 6.29. The molecular formula is C25H21N3O4S2. The first kappa shape index (κ1) is 22.1. The number of hydrogen-bond acceptors (Lipinski definition) is 8. The van der Waals surface area contributed by atoms with Crippen LogP contribution >= 0.6 is 22.7 Å². The lowest BCUT2D eigenvalue weighted by atomic mass is 10.2. The SMILES string of the molecule is COc1ccc(NC(=O)COc2cc3sc(C)nc3c3sccc23)cc1OCc1ccncc1. The van der Waals surface area contributed by atoms with E-state index in [4.69, 9.17) is 14.2 Å². The quantitative estimate of drug-likeness (QED) is 0.295. The Labute approximate surface area is 204 Å². The van der Waals surface area contributed by atoms with E-state index in [9.17, 15) is 4.79 Å². The van der Waals surface area contributed by atoms with E-state index in [0.29, 0.717) is 29.5 Å². The Bertz CT molecular complexity index is 1460. The van der Waals surface area contributed by atoms with Gasteiger partial charge in [-0.3, -0.25) is 9.78 Å². The van der Waals surface area contributed by atoms with Crippen molar-refractivity contribution < 1.29 is 19.0 Å². The fraction of sp³-hybridized carbons (Fsp3) is 0.160. The standard InChI is InChI=1S/C25H21N3O4S2/c1-15-27-24-22(34-15)12-20(18-7-10-33-25(18)24)32-14-23(29)28-17-3-4-19(30-2)21(11-17)31-13-16-5-8-26-9-6-16/h3-12H,13-14H2,1-2H3,(H,28,29). The number of rotatable bonds is 8. The number of anilines is 1. The van der Waals surface area contributed by atoms with Crippen LogP contribution in [0.25, 0.3) is 20.3 Å². The minimum Gasteiger partial charge on any atom is -0.493 e. The predicted molar refractivity (Wildman–Crippen MR) is 135 cm³/mol. The molecule has 34 heavy (non-hydrogen) atoms. The van der Waals surface area contributed by atoms with Gasteiger partial charge in [-0.1, -0.05) is 0 Å². The lowest BCUT2D eigenvalue weighted by Gasteiger charge is -2.13. The van der Waals surface area contributed by atoms with Crippen LogP contribution < -0.4 is 19.5 Å². The maximum absolute atomic E-state index is 12.7. The summed E-state index contributed by atoms with van der Waals surface area (Å²) in [4.78, 5) is 21.3. The van der Waals surface area contributed by atoms with E-state index in [1.165, 1.54) is 0 Å². The number of fused-ring (bicyclic) bond motifs is 3. The van der Waals surface area contributed by atoms with Gasteiger partial charge in [-0.05, 0) is 48.2 Å². The first-order valence-corrected chi connectivity index (χ1v) is 12.2. The normalized spacial score (nSPS) is 11.0. The van der Waals surface area contributed by atoms with E-state index < -0.39 is 0 Å². The first-order valence-electron chi connectivity index (χ1n) is 10.5. The van der Waals surface area contributed by atoms with Crippen LogP contribution in [0.5, 0.6) is 17.2 Å². The molecule has 2 aromatic carbocycles. The van der Waals surface area contributed by atoms with Crippen molar-refractivity contribution in [2.75, 3.05) is 19.0 Å². The Morgan fingerprint density at radius 2 is 1.88 bits per heavy atom. The van der Waals surface area contributed by atoms with Gasteiger partial charge in [0.05, 0.1) is 27.0 Å². The highest BCUT2D eigenvalue weighted by Crippen LogP contribution is 2.39. The molecular weight excluding hydrogens is 470 g/mol. The molecule has 0 spiro atoms. The second kappa shape index (κ2) is 9.66. The Morgan fingerprint density at radius 3 is 2.71 bits per heavy atom. The van der Waals surface area contributed by atoms with Crippen molar-refractivity contribution in [3.63, 3.8) is 0 Å². The van der Waals surface area contributed by atoms with E-state index in [1.807, 2.05) is 36.6 Å². The average Bonchev–Trinajstić information content (AvgIpc) is 3.48. The fourth-order valence-electron chi connectivity index (χ4n) is 3.55. The number of thiazole rings is 1. The van der Waals surface area contributed by atoms with Crippen molar-refractivity contribution in [3.05, 3.63) is 70.8 Å². The van der Waals surface area contributed by atoms with Crippen molar-refractivity contribution in [2.45, 2.75) is 13.5 Å². The van der Waals surface area contributed by atoms with Crippen LogP contribution in [0.2, 0.25) is 0 Å². The van der Waals surface area contributed by atoms with Crippen molar-refractivity contribution in [1.29, 1.82) is 0 Å². The molecule has 1 N–H and O–H groups in total. The molecule has 5 aromatic rings. The third-order valence-corrected chi connectivity index (χ3v) is 6.96. The lowest BCUT2D eigenvalue weighted by molar-refractivity contribution is -0.118. The van der Waals surface area contributed by atoms with E-state index >= 15 is 0 Å². The van der Waals surface area contributed by atoms with Gasteiger partial charge in [-0.25, -0.2) is 4.98 Å². The van der Waals surface area contributed by atoms with Crippen LogP contribution in [0.4, 0.5) is 5.69 Å². The monoisotopic (exact) mass is 491 g/mol. The summed E-state index contributed by atoms with van der Waals surface area (Å²) in [5.74, 6) is 1.52. The van der Waals surface area contributed by atoms with Gasteiger partial charge >= 0.3 is 0 Å². The topological polar surface area (TPSA) is 82.6 Å². The highest BCUT2D eigenvalue weighted by molar-refractivity contribution is 7.21. The lowest BCUT2D eigenvalue weighted by Crippen LogP contribution is -2.20. The number of methoxy groups -OCH3 is 1. The van der Waals surface area contributed by atoms with Crippen LogP contribution in [0.15, 0.2) is 60.2 Å². The van der Waals surface area contributed by atoms with Crippen molar-refractivity contribution >= 4 is 54.6 Å². The zero-order chi connectivity index (χ0) is 23.5. The van der Waals surface area contributed by atoms with Gasteiger partial charge < -0.3 is 19.5 Å². The molecule has 0 aliphatic carbocycles. The molecule has 3 heterocycles. The van der Waals surface area contributed by atoms with E-state index in [2.05, 4.69) is 15.3 Å². The van der Waals surface area contributed by atoms with Gasteiger partial charge in [0.15, 0.2) is 18.1 Å². The molecule has 0 bridgehead atoms. The van der Waals surface area contributed by atoms with E-state index in [-0.39, 0.29) is 12.5 Å². The van der Waals surface area contributed by atoms with Gasteiger partial charge in [0, 0.05) is 35.6 Å². The molecule has 0 aliphatic heterocycles. The van der Waals surface area contributed by atoms with Crippen LogP contribution in [-0.4, -0.2) is 29.6 Å². The third kappa shape index (κ3) is 4.66. The van der Waals surface area contributed by atoms with Crippen molar-refractivity contribution in [2.24, 2.45) is 0 Å². The zero-order valence-electron chi connectivity index (χ0n) is 18.5. The second-order valence-electron chi connectivity index (χ2n) is 7.46. The smallest absolute Gasteiger partial charge is 0.262 e. The van der Waals surface area contributed by atoms with E-state index in [1.54, 1.807) is 60.4 Å². The van der Waals surface area contributed by atoms with Crippen LogP contribution in [-0.2, 0) is 11.4 Å². The van der Waals surface area contributed by atoms with Gasteiger partial charge in [-0.2, -0.15) is 0 Å². The third-order valence-electron chi connectivity index (χ3n) is 5.12. The highest BCUT2D eigenvalue weighted by atomic mass is 32.1. The summed E-state index contributed by atoms with van der Waals surface area (Å²) in [5.41, 5.74) is 2.56. The summed E-state index contributed by atoms with van der Waals surface area (Å²) in [6.45, 7) is 2.23. The number of hydrogen-bond donors (Lipinski definition) is 1. The molecule has 0 aliphatic rings. The van der Waals surface area contributed by atoms with Gasteiger partial charge in [0.25, 0.3) is 5.91 Å². The molecule has 0 saturated heterocycles. The summed E-state index contributed by atoms with van der Waals surface area (Å²) >= 11 is 3.24. The maximum atomic E-state index is 12.7. The van der Waals surface area contributed by atoms with Gasteiger partial charge in [0.1, 0.15) is 12.4 Å². The molecule has 5 rings (SSSR count). The number of ether oxygens (including phenoxy) is 3. The van der Waals surface area contributed by atoms with Crippen LogP contribution in [0.3, 0.4) is 0 Å². The first-order chi connectivity index (χ1) is 16.6. The molecule has 0 saturated carbocycles. The predicted octanol–water partition coefficient (Wildman–Crippen LogP) is 5.82. The molecule has 3 aromatic heterocycles. The number of amides is 1. The molecule has 0 atom stereocenters. The number of carbonyl (C=O) groups excluding carboxylic acids is 1. The number of aromatic nitrogens is 2. The summed E-state index contributed by atoms with van der Waals surface area (Å²) in [7, 11) is 1.58. The Hall–Kier alpha value is -3.69. The number of benzene rings is 2. The minimum atomic E-state index is -0.269. The summed E-state index contributed by atoms with van der Waals surface area (Å²) < 4.78 is 19.3. The van der Waals surface area contributed by atoms with Crippen LogP contribution in [0, 0.1) is 6.92 Å². The Morgan fingerprint density at radius 1 is 1.03 bits per heavy atom. The fourth-order valence-corrected chi connectivity index (χ4v) is 5.39. The second-order valence-corrected chi connectivity index (χ2v) is 9.62. The van der Waals surface area contributed by atoms with Crippen LogP contribution in [0.1, 0.15) is 10.6 Å². The summed E-state index contributed by atoms with van der Waals surface area (Å²) in [5, 5.41) is 6.84. The molecule has 7 nitrogen and oxygen atoms in total. The average molecular weight is 492 g/mol. The van der Waals surface area contributed by atoms with Crippen molar-refractivity contribution in [3.8, 4) is 17.2 Å². The molecule has 172 valence electrons. The number of aryl methyl sites for hydroxylation is 1. The molecule has 0 unspecified atom stereocenters.